The fraction of sp³-hybridized carbons (Fsp3) is 0.611. The van der Waals surface area contributed by atoms with Crippen molar-refractivity contribution < 1.29 is 4.79 Å². The molecule has 0 heterocycles. The highest BCUT2D eigenvalue weighted by atomic mass is 32.2. The summed E-state index contributed by atoms with van der Waals surface area (Å²) < 4.78 is 0. The van der Waals surface area contributed by atoms with Gasteiger partial charge in [-0.1, -0.05) is 38.5 Å². The van der Waals surface area contributed by atoms with Gasteiger partial charge in [-0.3, -0.25) is 0 Å². The zero-order valence-corrected chi connectivity index (χ0v) is 13.3. The van der Waals surface area contributed by atoms with Crippen LogP contribution in [0.15, 0.2) is 35.2 Å². The third kappa shape index (κ3) is 1.88. The molecule has 2 aliphatic rings. The van der Waals surface area contributed by atoms with Crippen molar-refractivity contribution in [1.82, 2.24) is 0 Å². The molecule has 0 saturated heterocycles. The van der Waals surface area contributed by atoms with Crippen LogP contribution in [0.3, 0.4) is 0 Å². The molecule has 2 aliphatic carbocycles. The van der Waals surface area contributed by atoms with Crippen LogP contribution in [0.4, 0.5) is 0 Å². The van der Waals surface area contributed by atoms with Crippen molar-refractivity contribution in [1.29, 1.82) is 0 Å². The maximum atomic E-state index is 11.9. The summed E-state index contributed by atoms with van der Waals surface area (Å²) in [4.78, 5) is 13.3. The molecular formula is C18H24OS. The van der Waals surface area contributed by atoms with Crippen molar-refractivity contribution in [3.63, 3.8) is 0 Å². The van der Waals surface area contributed by atoms with E-state index in [0.29, 0.717) is 11.2 Å². The second-order valence-electron chi connectivity index (χ2n) is 6.78. The van der Waals surface area contributed by atoms with Gasteiger partial charge in [-0.15, -0.1) is 11.8 Å². The first-order chi connectivity index (χ1) is 9.64. The Hall–Kier alpha value is -0.760. The Morgan fingerprint density at radius 2 is 1.95 bits per heavy atom. The Kier molecular flexibility index (Phi) is 3.70. The third-order valence-corrected chi connectivity index (χ3v) is 7.33. The Morgan fingerprint density at radius 1 is 1.20 bits per heavy atom. The molecule has 0 radical (unpaired) electrons. The number of rotatable bonds is 4. The minimum absolute atomic E-state index is 0.0341. The zero-order valence-electron chi connectivity index (χ0n) is 12.5. The molecule has 0 N–H and O–H groups in total. The van der Waals surface area contributed by atoms with Crippen molar-refractivity contribution in [2.75, 3.05) is 0 Å². The fourth-order valence-electron chi connectivity index (χ4n) is 4.95. The van der Waals surface area contributed by atoms with Crippen molar-refractivity contribution >= 4 is 18.0 Å². The number of benzene rings is 1. The molecule has 2 heteroatoms. The van der Waals surface area contributed by atoms with Gasteiger partial charge in [0.1, 0.15) is 6.29 Å². The summed E-state index contributed by atoms with van der Waals surface area (Å²) in [6, 6.07) is 10.7. The first kappa shape index (κ1) is 14.2. The molecule has 2 fully saturated rings. The SMILES string of the molecule is CC(C)[C@@]12CCC[C@]1(C=O)CC[C@@H]2Sc1ccccc1. The quantitative estimate of drug-likeness (QED) is 0.729. The molecule has 0 aliphatic heterocycles. The van der Waals surface area contributed by atoms with Gasteiger partial charge in [0.2, 0.25) is 0 Å². The molecule has 1 nitrogen and oxygen atoms in total. The summed E-state index contributed by atoms with van der Waals surface area (Å²) in [6.45, 7) is 4.65. The summed E-state index contributed by atoms with van der Waals surface area (Å²) in [5.41, 5.74) is 0.183. The number of carbonyl (C=O) groups excluding carboxylic acids is 1. The van der Waals surface area contributed by atoms with Gasteiger partial charge in [-0.05, 0) is 49.1 Å². The highest BCUT2D eigenvalue weighted by Crippen LogP contribution is 2.68. The maximum absolute atomic E-state index is 11.9. The first-order valence-corrected chi connectivity index (χ1v) is 8.71. The molecule has 0 unspecified atom stereocenters. The number of thioether (sulfide) groups is 1. The molecule has 0 amide bonds. The van der Waals surface area contributed by atoms with Crippen LogP contribution >= 0.6 is 11.8 Å². The standard InChI is InChI=1S/C18H24OS/c1-14(2)18-11-6-10-17(18,13-19)12-9-16(18)20-15-7-4-3-5-8-15/h3-5,7-8,13-14,16H,6,9-12H2,1-2H3/t16-,17+,18+/m0/s1. The van der Waals surface area contributed by atoms with Gasteiger partial charge in [-0.2, -0.15) is 0 Å². The number of fused-ring (bicyclic) bond motifs is 1. The number of aldehydes is 1. The molecule has 1 aromatic rings. The lowest BCUT2D eigenvalue weighted by molar-refractivity contribution is -0.121. The average Bonchev–Trinajstić information content (AvgIpc) is 2.97. The second-order valence-corrected chi connectivity index (χ2v) is 8.06. The van der Waals surface area contributed by atoms with Gasteiger partial charge < -0.3 is 4.79 Å². The molecule has 1 aromatic carbocycles. The average molecular weight is 288 g/mol. The van der Waals surface area contributed by atoms with E-state index in [2.05, 4.69) is 44.2 Å². The zero-order chi connectivity index (χ0) is 14.2. The van der Waals surface area contributed by atoms with E-state index in [-0.39, 0.29) is 10.8 Å². The lowest BCUT2D eigenvalue weighted by Gasteiger charge is -2.44. The Morgan fingerprint density at radius 3 is 2.60 bits per heavy atom. The number of carbonyl (C=O) groups is 1. The van der Waals surface area contributed by atoms with E-state index >= 15 is 0 Å². The van der Waals surface area contributed by atoms with Gasteiger partial charge in [0.05, 0.1) is 0 Å². The minimum Gasteiger partial charge on any atom is -0.303 e. The van der Waals surface area contributed by atoms with Crippen LogP contribution in [0.1, 0.15) is 46.0 Å². The summed E-state index contributed by atoms with van der Waals surface area (Å²) in [6.07, 6.45) is 7.18. The van der Waals surface area contributed by atoms with E-state index in [9.17, 15) is 4.79 Å². The number of hydrogen-bond donors (Lipinski definition) is 0. The Bertz CT molecular complexity index is 483. The molecule has 0 spiro atoms. The highest BCUT2D eigenvalue weighted by molar-refractivity contribution is 8.00. The highest BCUT2D eigenvalue weighted by Gasteiger charge is 2.63. The van der Waals surface area contributed by atoms with Crippen LogP contribution in [-0.4, -0.2) is 11.5 Å². The van der Waals surface area contributed by atoms with Gasteiger partial charge in [0.15, 0.2) is 0 Å². The second kappa shape index (κ2) is 5.22. The monoisotopic (exact) mass is 288 g/mol. The van der Waals surface area contributed by atoms with E-state index < -0.39 is 0 Å². The van der Waals surface area contributed by atoms with Crippen LogP contribution in [0.2, 0.25) is 0 Å². The van der Waals surface area contributed by atoms with Crippen LogP contribution in [-0.2, 0) is 4.79 Å². The molecule has 0 aromatic heterocycles. The Balaban J connectivity index is 1.94. The van der Waals surface area contributed by atoms with Crippen molar-refractivity contribution in [3.05, 3.63) is 30.3 Å². The van der Waals surface area contributed by atoms with Gasteiger partial charge in [0, 0.05) is 15.6 Å². The van der Waals surface area contributed by atoms with Crippen molar-refractivity contribution in [3.8, 4) is 0 Å². The molecule has 2 saturated carbocycles. The van der Waals surface area contributed by atoms with Crippen LogP contribution < -0.4 is 0 Å². The van der Waals surface area contributed by atoms with Crippen LogP contribution in [0.5, 0.6) is 0 Å². The fourth-order valence-corrected chi connectivity index (χ4v) is 6.67. The van der Waals surface area contributed by atoms with Crippen LogP contribution in [0, 0.1) is 16.7 Å². The molecule has 20 heavy (non-hydrogen) atoms. The molecule has 0 bridgehead atoms. The normalized spacial score (nSPS) is 36.2. The lowest BCUT2D eigenvalue weighted by atomic mass is 9.62. The molecular weight excluding hydrogens is 264 g/mol. The van der Waals surface area contributed by atoms with Crippen LogP contribution in [0.25, 0.3) is 0 Å². The lowest BCUT2D eigenvalue weighted by Crippen LogP contribution is -2.43. The smallest absolute Gasteiger partial charge is 0.126 e. The van der Waals surface area contributed by atoms with E-state index in [1.807, 2.05) is 11.8 Å². The van der Waals surface area contributed by atoms with E-state index in [0.717, 1.165) is 12.8 Å². The minimum atomic E-state index is -0.0341. The first-order valence-electron chi connectivity index (χ1n) is 7.83. The van der Waals surface area contributed by atoms with Gasteiger partial charge >= 0.3 is 0 Å². The van der Waals surface area contributed by atoms with E-state index in [1.165, 1.54) is 30.4 Å². The van der Waals surface area contributed by atoms with Gasteiger partial charge in [-0.25, -0.2) is 0 Å². The predicted octanol–water partition coefficient (Wildman–Crippen LogP) is 4.95. The summed E-state index contributed by atoms with van der Waals surface area (Å²) in [5.74, 6) is 0.582. The summed E-state index contributed by atoms with van der Waals surface area (Å²) >= 11 is 2.01. The maximum Gasteiger partial charge on any atom is 0.126 e. The molecule has 108 valence electrons. The predicted molar refractivity (Wildman–Crippen MR) is 84.9 cm³/mol. The summed E-state index contributed by atoms with van der Waals surface area (Å²) in [7, 11) is 0. The van der Waals surface area contributed by atoms with Crippen molar-refractivity contribution in [2.45, 2.75) is 56.1 Å². The third-order valence-electron chi connectivity index (χ3n) is 5.84. The molecule has 3 atom stereocenters. The molecule has 3 rings (SSSR count). The topological polar surface area (TPSA) is 17.1 Å². The summed E-state index contributed by atoms with van der Waals surface area (Å²) in [5, 5.41) is 0.595. The number of hydrogen-bond acceptors (Lipinski definition) is 2. The largest absolute Gasteiger partial charge is 0.303 e. The van der Waals surface area contributed by atoms with E-state index in [4.69, 9.17) is 0 Å². The van der Waals surface area contributed by atoms with Crippen molar-refractivity contribution in [2.24, 2.45) is 16.7 Å². The van der Waals surface area contributed by atoms with E-state index in [1.54, 1.807) is 0 Å². The Labute approximate surface area is 126 Å². The van der Waals surface area contributed by atoms with Gasteiger partial charge in [0.25, 0.3) is 0 Å².